The maximum atomic E-state index is 8.64. The summed E-state index contributed by atoms with van der Waals surface area (Å²) in [7, 11) is 1.65. The summed E-state index contributed by atoms with van der Waals surface area (Å²) in [5.41, 5.74) is 6.37. The maximum Gasteiger partial charge on any atom is 0.123 e. The number of anilines is 1. The third-order valence-electron chi connectivity index (χ3n) is 2.47. The highest BCUT2D eigenvalue weighted by Crippen LogP contribution is 2.17. The number of aromatic nitrogens is 1. The predicted molar refractivity (Wildman–Crippen MR) is 71.0 cm³/mol. The highest BCUT2D eigenvalue weighted by molar-refractivity contribution is 6.31. The summed E-state index contributed by atoms with van der Waals surface area (Å²) >= 11 is 6.07. The predicted octanol–water partition coefficient (Wildman–Crippen LogP) is 1.68. The maximum absolute atomic E-state index is 8.64. The lowest BCUT2D eigenvalue weighted by molar-refractivity contribution is 0.144. The van der Waals surface area contributed by atoms with E-state index in [0.717, 1.165) is 12.2 Å². The summed E-state index contributed by atoms with van der Waals surface area (Å²) in [5.74, 6) is 0.446. The molecule has 0 unspecified atom stereocenters. The first kappa shape index (κ1) is 14.7. The van der Waals surface area contributed by atoms with Crippen LogP contribution in [0.5, 0.6) is 0 Å². The standard InChI is InChI=1S/C12H17ClN4O/c1-18-8-7-17(6-2-5-14)9-11-10(13)3-4-12(15)16-11/h3-4H,2,6-9H2,1H3,(H2,15,16). The normalized spacial score (nSPS) is 10.6. The highest BCUT2D eigenvalue weighted by atomic mass is 35.5. The van der Waals surface area contributed by atoms with Crippen LogP contribution in [0, 0.1) is 11.3 Å². The molecule has 0 aliphatic rings. The minimum Gasteiger partial charge on any atom is -0.384 e. The van der Waals surface area contributed by atoms with Gasteiger partial charge in [-0.15, -0.1) is 0 Å². The zero-order valence-corrected chi connectivity index (χ0v) is 11.2. The zero-order valence-electron chi connectivity index (χ0n) is 10.4. The van der Waals surface area contributed by atoms with Gasteiger partial charge in [0.1, 0.15) is 5.82 Å². The van der Waals surface area contributed by atoms with Crippen LogP contribution in [0.15, 0.2) is 12.1 Å². The van der Waals surface area contributed by atoms with Crippen molar-refractivity contribution in [1.82, 2.24) is 9.88 Å². The number of ether oxygens (including phenoxy) is 1. The number of nitriles is 1. The van der Waals surface area contributed by atoms with E-state index in [1.807, 2.05) is 0 Å². The van der Waals surface area contributed by atoms with Crippen LogP contribution < -0.4 is 5.73 Å². The topological polar surface area (TPSA) is 75.2 Å². The third-order valence-corrected chi connectivity index (χ3v) is 2.81. The van der Waals surface area contributed by atoms with Crippen LogP contribution in [0.2, 0.25) is 5.02 Å². The van der Waals surface area contributed by atoms with E-state index in [-0.39, 0.29) is 0 Å². The summed E-state index contributed by atoms with van der Waals surface area (Å²) in [6.07, 6.45) is 0.462. The van der Waals surface area contributed by atoms with Crippen LogP contribution >= 0.6 is 11.6 Å². The van der Waals surface area contributed by atoms with Gasteiger partial charge in [0.25, 0.3) is 0 Å². The van der Waals surface area contributed by atoms with E-state index < -0.39 is 0 Å². The number of nitrogen functional groups attached to an aromatic ring is 1. The molecule has 0 saturated heterocycles. The van der Waals surface area contributed by atoms with Gasteiger partial charge < -0.3 is 10.5 Å². The van der Waals surface area contributed by atoms with E-state index in [2.05, 4.69) is 16.0 Å². The van der Waals surface area contributed by atoms with Crippen molar-refractivity contribution in [1.29, 1.82) is 5.26 Å². The molecule has 0 aliphatic heterocycles. The van der Waals surface area contributed by atoms with Gasteiger partial charge in [0.15, 0.2) is 0 Å². The largest absolute Gasteiger partial charge is 0.384 e. The molecule has 0 atom stereocenters. The Morgan fingerprint density at radius 3 is 2.94 bits per heavy atom. The van der Waals surface area contributed by atoms with E-state index in [0.29, 0.717) is 37.0 Å². The summed E-state index contributed by atoms with van der Waals surface area (Å²) in [6.45, 7) is 2.55. The molecule has 1 aromatic heterocycles. The SMILES string of the molecule is COCCN(CCC#N)Cc1nc(N)ccc1Cl. The van der Waals surface area contributed by atoms with Crippen molar-refractivity contribution in [2.45, 2.75) is 13.0 Å². The fraction of sp³-hybridized carbons (Fsp3) is 0.500. The van der Waals surface area contributed by atoms with Crippen LogP contribution in [0.25, 0.3) is 0 Å². The van der Waals surface area contributed by atoms with E-state index in [1.54, 1.807) is 19.2 Å². The molecule has 98 valence electrons. The van der Waals surface area contributed by atoms with Gasteiger partial charge in [0.05, 0.1) is 23.4 Å². The first-order valence-electron chi connectivity index (χ1n) is 5.66. The van der Waals surface area contributed by atoms with Gasteiger partial charge in [0.2, 0.25) is 0 Å². The molecule has 0 aromatic carbocycles. The molecule has 18 heavy (non-hydrogen) atoms. The summed E-state index contributed by atoms with van der Waals surface area (Å²) in [4.78, 5) is 6.28. The molecular weight excluding hydrogens is 252 g/mol. The number of nitrogens with two attached hydrogens (primary N) is 1. The fourth-order valence-corrected chi connectivity index (χ4v) is 1.69. The Balaban J connectivity index is 2.68. The van der Waals surface area contributed by atoms with Crippen molar-refractivity contribution < 1.29 is 4.74 Å². The van der Waals surface area contributed by atoms with Gasteiger partial charge in [-0.3, -0.25) is 4.90 Å². The molecule has 0 aliphatic carbocycles. The van der Waals surface area contributed by atoms with Gasteiger partial charge in [-0.25, -0.2) is 4.98 Å². The second-order valence-corrected chi connectivity index (χ2v) is 4.25. The van der Waals surface area contributed by atoms with Crippen molar-refractivity contribution in [3.8, 4) is 6.07 Å². The van der Waals surface area contributed by atoms with E-state index in [4.69, 9.17) is 27.3 Å². The average Bonchev–Trinajstić information content (AvgIpc) is 2.37. The molecule has 1 aromatic rings. The molecule has 0 radical (unpaired) electrons. The number of hydrogen-bond acceptors (Lipinski definition) is 5. The zero-order chi connectivity index (χ0) is 13.4. The number of halogens is 1. The Labute approximate surface area is 112 Å². The van der Waals surface area contributed by atoms with Crippen LogP contribution in [0.3, 0.4) is 0 Å². The Kier molecular flexibility index (Phi) is 6.44. The number of rotatable bonds is 7. The highest BCUT2D eigenvalue weighted by Gasteiger charge is 2.10. The van der Waals surface area contributed by atoms with Crippen molar-refractivity contribution in [2.24, 2.45) is 0 Å². The van der Waals surface area contributed by atoms with Gasteiger partial charge in [-0.05, 0) is 12.1 Å². The van der Waals surface area contributed by atoms with Crippen molar-refractivity contribution in [3.63, 3.8) is 0 Å². The molecule has 5 nitrogen and oxygen atoms in total. The smallest absolute Gasteiger partial charge is 0.123 e. The number of nitrogens with zero attached hydrogens (tertiary/aromatic N) is 3. The Morgan fingerprint density at radius 2 is 2.28 bits per heavy atom. The van der Waals surface area contributed by atoms with Crippen LogP contribution in [-0.2, 0) is 11.3 Å². The van der Waals surface area contributed by atoms with E-state index in [9.17, 15) is 0 Å². The van der Waals surface area contributed by atoms with E-state index >= 15 is 0 Å². The molecule has 2 N–H and O–H groups in total. The number of hydrogen-bond donors (Lipinski definition) is 1. The first-order chi connectivity index (χ1) is 8.67. The second-order valence-electron chi connectivity index (χ2n) is 3.84. The van der Waals surface area contributed by atoms with Gasteiger partial charge in [0, 0.05) is 33.2 Å². The Bertz CT molecular complexity index is 419. The Hall–Kier alpha value is -1.35. The lowest BCUT2D eigenvalue weighted by Gasteiger charge is -2.20. The van der Waals surface area contributed by atoms with Crippen LogP contribution in [0.1, 0.15) is 12.1 Å². The second kappa shape index (κ2) is 7.88. The van der Waals surface area contributed by atoms with Crippen molar-refractivity contribution >= 4 is 17.4 Å². The molecule has 0 saturated carbocycles. The average molecular weight is 269 g/mol. The fourth-order valence-electron chi connectivity index (χ4n) is 1.52. The van der Waals surface area contributed by atoms with Gasteiger partial charge in [-0.2, -0.15) is 5.26 Å². The van der Waals surface area contributed by atoms with Crippen molar-refractivity contribution in [3.05, 3.63) is 22.8 Å². The Morgan fingerprint density at radius 1 is 1.50 bits per heavy atom. The monoisotopic (exact) mass is 268 g/mol. The minimum absolute atomic E-state index is 0.446. The number of pyridine rings is 1. The minimum atomic E-state index is 0.446. The molecular formula is C12H17ClN4O. The molecule has 1 heterocycles. The molecule has 1 rings (SSSR count). The van der Waals surface area contributed by atoms with Crippen LogP contribution in [0.4, 0.5) is 5.82 Å². The molecule has 0 fully saturated rings. The van der Waals surface area contributed by atoms with Crippen molar-refractivity contribution in [2.75, 3.05) is 32.5 Å². The third kappa shape index (κ3) is 4.88. The number of methoxy groups -OCH3 is 1. The lowest BCUT2D eigenvalue weighted by atomic mass is 10.3. The first-order valence-corrected chi connectivity index (χ1v) is 6.04. The summed E-state index contributed by atoms with van der Waals surface area (Å²) in [5, 5.41) is 9.22. The van der Waals surface area contributed by atoms with Crippen LogP contribution in [-0.4, -0.2) is 36.7 Å². The quantitative estimate of drug-likeness (QED) is 0.814. The molecule has 0 bridgehead atoms. The molecule has 0 spiro atoms. The van der Waals surface area contributed by atoms with E-state index in [1.165, 1.54) is 0 Å². The van der Waals surface area contributed by atoms with Gasteiger partial charge in [-0.1, -0.05) is 11.6 Å². The molecule has 6 heteroatoms. The summed E-state index contributed by atoms with van der Waals surface area (Å²) < 4.78 is 5.04. The van der Waals surface area contributed by atoms with Gasteiger partial charge >= 0.3 is 0 Å². The molecule has 0 amide bonds. The summed E-state index contributed by atoms with van der Waals surface area (Å²) in [6, 6.07) is 5.53. The lowest BCUT2D eigenvalue weighted by Crippen LogP contribution is -2.28.